The molecule has 0 aliphatic carbocycles. The summed E-state index contributed by atoms with van der Waals surface area (Å²) < 4.78 is 4.97. The highest BCUT2D eigenvalue weighted by Gasteiger charge is 2.13. The number of nitrogens with zero attached hydrogens (tertiary/aromatic N) is 2. The standard InChI is InChI=1S/C10H14N2O3/c1-6(4-9(13)14)8-5-11-10(15-3)7(2)12-8/h5-6H,4H2,1-3H3,(H,13,14). The molecule has 0 aliphatic heterocycles. The van der Waals surface area contributed by atoms with Crippen LogP contribution >= 0.6 is 0 Å². The number of aromatic nitrogens is 2. The normalized spacial score (nSPS) is 12.2. The number of rotatable bonds is 4. The van der Waals surface area contributed by atoms with Gasteiger partial charge in [0.1, 0.15) is 0 Å². The van der Waals surface area contributed by atoms with Crippen molar-refractivity contribution >= 4 is 5.97 Å². The summed E-state index contributed by atoms with van der Waals surface area (Å²) in [5.41, 5.74) is 1.35. The van der Waals surface area contributed by atoms with Crippen molar-refractivity contribution in [2.75, 3.05) is 7.11 Å². The molecule has 0 amide bonds. The van der Waals surface area contributed by atoms with Crippen LogP contribution in [0.3, 0.4) is 0 Å². The second kappa shape index (κ2) is 4.72. The van der Waals surface area contributed by atoms with E-state index in [0.29, 0.717) is 17.3 Å². The number of aliphatic carboxylic acids is 1. The van der Waals surface area contributed by atoms with Crippen LogP contribution in [-0.2, 0) is 4.79 Å². The van der Waals surface area contributed by atoms with Crippen LogP contribution in [0.15, 0.2) is 6.20 Å². The summed E-state index contributed by atoms with van der Waals surface area (Å²) >= 11 is 0. The van der Waals surface area contributed by atoms with E-state index < -0.39 is 5.97 Å². The third kappa shape index (κ3) is 2.90. The number of carboxylic acid groups (broad SMARTS) is 1. The maximum Gasteiger partial charge on any atom is 0.304 e. The highest BCUT2D eigenvalue weighted by atomic mass is 16.5. The number of hydrogen-bond donors (Lipinski definition) is 1. The largest absolute Gasteiger partial charge is 0.481 e. The molecule has 1 rings (SSSR count). The van der Waals surface area contributed by atoms with E-state index in [1.54, 1.807) is 13.1 Å². The van der Waals surface area contributed by atoms with Gasteiger partial charge in [0.25, 0.3) is 0 Å². The highest BCUT2D eigenvalue weighted by Crippen LogP contribution is 2.19. The molecule has 1 heterocycles. The molecular weight excluding hydrogens is 196 g/mol. The van der Waals surface area contributed by atoms with Gasteiger partial charge in [0.15, 0.2) is 0 Å². The van der Waals surface area contributed by atoms with Crippen molar-refractivity contribution in [2.24, 2.45) is 0 Å². The van der Waals surface area contributed by atoms with Crippen LogP contribution in [0.4, 0.5) is 0 Å². The first-order chi connectivity index (χ1) is 7.04. The number of carboxylic acids is 1. The van der Waals surface area contributed by atoms with Crippen molar-refractivity contribution in [1.29, 1.82) is 0 Å². The lowest BCUT2D eigenvalue weighted by Crippen LogP contribution is -2.06. The van der Waals surface area contributed by atoms with Crippen molar-refractivity contribution in [2.45, 2.75) is 26.2 Å². The zero-order chi connectivity index (χ0) is 11.4. The number of aryl methyl sites for hydroxylation is 1. The van der Waals surface area contributed by atoms with E-state index in [4.69, 9.17) is 9.84 Å². The van der Waals surface area contributed by atoms with Crippen LogP contribution in [0, 0.1) is 6.92 Å². The molecule has 5 nitrogen and oxygen atoms in total. The number of hydrogen-bond acceptors (Lipinski definition) is 4. The minimum atomic E-state index is -0.835. The summed E-state index contributed by atoms with van der Waals surface area (Å²) in [4.78, 5) is 18.8. The SMILES string of the molecule is COc1ncc(C(C)CC(=O)O)nc1C. The molecule has 1 aromatic rings. The molecule has 1 unspecified atom stereocenters. The van der Waals surface area contributed by atoms with Crippen LogP contribution in [0.25, 0.3) is 0 Å². The lowest BCUT2D eigenvalue weighted by atomic mass is 10.0. The minimum absolute atomic E-state index is 0.0560. The van der Waals surface area contributed by atoms with Gasteiger partial charge in [-0.25, -0.2) is 4.98 Å². The van der Waals surface area contributed by atoms with E-state index in [0.717, 1.165) is 0 Å². The molecule has 15 heavy (non-hydrogen) atoms. The van der Waals surface area contributed by atoms with Crippen molar-refractivity contribution in [3.05, 3.63) is 17.6 Å². The van der Waals surface area contributed by atoms with E-state index in [2.05, 4.69) is 9.97 Å². The van der Waals surface area contributed by atoms with E-state index in [1.165, 1.54) is 7.11 Å². The topological polar surface area (TPSA) is 72.3 Å². The molecular formula is C10H14N2O3. The van der Waals surface area contributed by atoms with Crippen LogP contribution < -0.4 is 4.74 Å². The molecule has 0 aromatic carbocycles. The summed E-state index contributed by atoms with van der Waals surface area (Å²) in [5, 5.41) is 8.64. The smallest absolute Gasteiger partial charge is 0.304 e. The maximum atomic E-state index is 10.5. The Morgan fingerprint density at radius 3 is 2.80 bits per heavy atom. The molecule has 0 spiro atoms. The van der Waals surface area contributed by atoms with Crippen molar-refractivity contribution < 1.29 is 14.6 Å². The fourth-order valence-electron chi connectivity index (χ4n) is 1.29. The fourth-order valence-corrected chi connectivity index (χ4v) is 1.29. The van der Waals surface area contributed by atoms with Gasteiger partial charge in [0.05, 0.1) is 31.1 Å². The fraction of sp³-hybridized carbons (Fsp3) is 0.500. The average Bonchev–Trinajstić information content (AvgIpc) is 2.16. The summed E-state index contributed by atoms with van der Waals surface area (Å²) in [7, 11) is 1.53. The lowest BCUT2D eigenvalue weighted by molar-refractivity contribution is -0.137. The van der Waals surface area contributed by atoms with Crippen LogP contribution in [-0.4, -0.2) is 28.2 Å². The van der Waals surface area contributed by atoms with E-state index in [9.17, 15) is 4.79 Å². The van der Waals surface area contributed by atoms with Crippen molar-refractivity contribution in [1.82, 2.24) is 9.97 Å². The van der Waals surface area contributed by atoms with E-state index >= 15 is 0 Å². The van der Waals surface area contributed by atoms with Gasteiger partial charge >= 0.3 is 5.97 Å². The van der Waals surface area contributed by atoms with Gasteiger partial charge in [-0.05, 0) is 6.92 Å². The van der Waals surface area contributed by atoms with Gasteiger partial charge in [0.2, 0.25) is 5.88 Å². The Labute approximate surface area is 88.1 Å². The Kier molecular flexibility index (Phi) is 3.60. The molecule has 0 fully saturated rings. The van der Waals surface area contributed by atoms with Crippen LogP contribution in [0.5, 0.6) is 5.88 Å². The Morgan fingerprint density at radius 2 is 2.33 bits per heavy atom. The molecule has 0 radical (unpaired) electrons. The van der Waals surface area contributed by atoms with Crippen LogP contribution in [0.2, 0.25) is 0 Å². The van der Waals surface area contributed by atoms with E-state index in [1.807, 2.05) is 6.92 Å². The third-order valence-corrected chi connectivity index (χ3v) is 2.10. The summed E-state index contributed by atoms with van der Waals surface area (Å²) in [6, 6.07) is 0. The van der Waals surface area contributed by atoms with Crippen molar-refractivity contribution in [3.63, 3.8) is 0 Å². The second-order valence-electron chi connectivity index (χ2n) is 3.39. The number of ether oxygens (including phenoxy) is 1. The molecule has 0 bridgehead atoms. The highest BCUT2D eigenvalue weighted by molar-refractivity contribution is 5.67. The maximum absolute atomic E-state index is 10.5. The quantitative estimate of drug-likeness (QED) is 0.812. The second-order valence-corrected chi connectivity index (χ2v) is 3.39. The minimum Gasteiger partial charge on any atom is -0.481 e. The number of carbonyl (C=O) groups is 1. The van der Waals surface area contributed by atoms with Gasteiger partial charge in [-0.2, -0.15) is 0 Å². The molecule has 1 aromatic heterocycles. The Bertz CT molecular complexity index is 366. The van der Waals surface area contributed by atoms with E-state index in [-0.39, 0.29) is 12.3 Å². The Balaban J connectivity index is 2.87. The predicted octanol–water partition coefficient (Wildman–Crippen LogP) is 1.37. The van der Waals surface area contributed by atoms with Gasteiger partial charge in [-0.1, -0.05) is 6.92 Å². The summed E-state index contributed by atoms with van der Waals surface area (Å²) in [5.74, 6) is -0.501. The average molecular weight is 210 g/mol. The Hall–Kier alpha value is -1.65. The summed E-state index contributed by atoms with van der Waals surface area (Å²) in [6.45, 7) is 3.59. The molecule has 82 valence electrons. The first-order valence-corrected chi connectivity index (χ1v) is 4.64. The molecule has 0 saturated carbocycles. The molecule has 5 heteroatoms. The van der Waals surface area contributed by atoms with Gasteiger partial charge < -0.3 is 9.84 Å². The molecule has 0 aliphatic rings. The first kappa shape index (κ1) is 11.4. The molecule has 1 N–H and O–H groups in total. The molecule has 0 saturated heterocycles. The van der Waals surface area contributed by atoms with Gasteiger partial charge in [0, 0.05) is 5.92 Å². The summed E-state index contributed by atoms with van der Waals surface area (Å²) in [6.07, 6.45) is 1.61. The van der Waals surface area contributed by atoms with Crippen LogP contribution in [0.1, 0.15) is 30.7 Å². The van der Waals surface area contributed by atoms with Gasteiger partial charge in [-0.3, -0.25) is 9.78 Å². The predicted molar refractivity (Wildman–Crippen MR) is 54.0 cm³/mol. The monoisotopic (exact) mass is 210 g/mol. The first-order valence-electron chi connectivity index (χ1n) is 4.64. The Morgan fingerprint density at radius 1 is 1.67 bits per heavy atom. The zero-order valence-electron chi connectivity index (χ0n) is 9.02. The lowest BCUT2D eigenvalue weighted by Gasteiger charge is -2.09. The third-order valence-electron chi connectivity index (χ3n) is 2.10. The van der Waals surface area contributed by atoms with Gasteiger partial charge in [-0.15, -0.1) is 0 Å². The van der Waals surface area contributed by atoms with Crippen molar-refractivity contribution in [3.8, 4) is 5.88 Å². The number of methoxy groups -OCH3 is 1. The zero-order valence-corrected chi connectivity index (χ0v) is 9.02. The molecule has 1 atom stereocenters.